The van der Waals surface area contributed by atoms with Gasteiger partial charge in [-0.2, -0.15) is 10.2 Å². The average molecular weight is 488 g/mol. The van der Waals surface area contributed by atoms with E-state index in [9.17, 15) is 4.79 Å². The van der Waals surface area contributed by atoms with Crippen LogP contribution in [0.1, 0.15) is 48.6 Å². The number of nitrogens with zero attached hydrogens (tertiary/aromatic N) is 8. The lowest BCUT2D eigenvalue weighted by Gasteiger charge is -2.35. The molecule has 3 aromatic heterocycles. The summed E-state index contributed by atoms with van der Waals surface area (Å²) < 4.78 is 2.12. The van der Waals surface area contributed by atoms with Gasteiger partial charge in [0.15, 0.2) is 0 Å². The molecule has 36 heavy (non-hydrogen) atoms. The van der Waals surface area contributed by atoms with E-state index in [0.717, 1.165) is 62.3 Å². The Hall–Kier alpha value is -3.71. The number of amides is 1. The van der Waals surface area contributed by atoms with Crippen molar-refractivity contribution in [3.05, 3.63) is 36.3 Å². The minimum Gasteiger partial charge on any atom is -0.368 e. The van der Waals surface area contributed by atoms with Gasteiger partial charge in [-0.15, -0.1) is 0 Å². The molecule has 1 aliphatic carbocycles. The number of rotatable bonds is 7. The van der Waals surface area contributed by atoms with Crippen molar-refractivity contribution < 1.29 is 4.79 Å². The number of hydrogen-bond donors (Lipinski definition) is 1. The standard InChI is InChI=1S/C26H33N9O/c1-32(2)25(36)22-16-19-17-29-26(31-24(19)35(22)20-6-3-4-7-20)30-23-9-8-21(18-28-23)34-14-12-33(13-15-34)11-5-10-27/h8-9,16-18,20H,3-7,11-15H2,1-2H3,(H,28,29,30,31). The first-order valence-corrected chi connectivity index (χ1v) is 12.7. The fourth-order valence-electron chi connectivity index (χ4n) is 5.19. The van der Waals surface area contributed by atoms with E-state index in [2.05, 4.69) is 41.8 Å². The Bertz CT molecular complexity index is 1250. The zero-order valence-corrected chi connectivity index (χ0v) is 21.0. The molecule has 10 heteroatoms. The lowest BCUT2D eigenvalue weighted by molar-refractivity contribution is 0.0815. The van der Waals surface area contributed by atoms with Gasteiger partial charge in [-0.25, -0.2) is 9.97 Å². The zero-order valence-electron chi connectivity index (χ0n) is 21.0. The van der Waals surface area contributed by atoms with Gasteiger partial charge < -0.3 is 19.7 Å². The summed E-state index contributed by atoms with van der Waals surface area (Å²) in [6.07, 6.45) is 8.68. The summed E-state index contributed by atoms with van der Waals surface area (Å²) in [5.74, 6) is 1.13. The Morgan fingerprint density at radius 1 is 1.14 bits per heavy atom. The number of anilines is 3. The van der Waals surface area contributed by atoms with Crippen molar-refractivity contribution >= 4 is 34.4 Å². The number of carbonyl (C=O) groups excluding carboxylic acids is 1. The second kappa shape index (κ2) is 10.5. The molecule has 0 unspecified atom stereocenters. The van der Waals surface area contributed by atoms with Gasteiger partial charge in [0.25, 0.3) is 5.91 Å². The number of piperazine rings is 1. The minimum atomic E-state index is -0.0161. The molecule has 0 spiro atoms. The van der Waals surface area contributed by atoms with E-state index < -0.39 is 0 Å². The maximum absolute atomic E-state index is 12.9. The minimum absolute atomic E-state index is 0.0161. The van der Waals surface area contributed by atoms with Crippen LogP contribution in [0.5, 0.6) is 0 Å². The van der Waals surface area contributed by atoms with Gasteiger partial charge in [0.05, 0.1) is 18.0 Å². The monoisotopic (exact) mass is 487 g/mol. The number of nitriles is 1. The van der Waals surface area contributed by atoms with Crippen LogP contribution in [0.25, 0.3) is 11.0 Å². The third-order valence-electron chi connectivity index (χ3n) is 7.16. The summed E-state index contributed by atoms with van der Waals surface area (Å²) in [5.41, 5.74) is 2.54. The van der Waals surface area contributed by atoms with E-state index in [4.69, 9.17) is 10.2 Å². The maximum Gasteiger partial charge on any atom is 0.270 e. The fraction of sp³-hybridized carbons (Fsp3) is 0.500. The summed E-state index contributed by atoms with van der Waals surface area (Å²) in [4.78, 5) is 33.1. The topological polar surface area (TPSA) is 106 Å². The first-order valence-electron chi connectivity index (χ1n) is 12.7. The number of carbonyl (C=O) groups is 1. The van der Waals surface area contributed by atoms with Crippen LogP contribution >= 0.6 is 0 Å². The van der Waals surface area contributed by atoms with E-state index in [0.29, 0.717) is 23.9 Å². The Labute approximate surface area is 211 Å². The highest BCUT2D eigenvalue weighted by atomic mass is 16.2. The van der Waals surface area contributed by atoms with Gasteiger partial charge in [0, 0.05) is 70.9 Å². The van der Waals surface area contributed by atoms with Gasteiger partial charge in [-0.1, -0.05) is 12.8 Å². The van der Waals surface area contributed by atoms with Crippen LogP contribution in [0.2, 0.25) is 0 Å². The predicted molar refractivity (Wildman–Crippen MR) is 139 cm³/mol. The molecule has 1 aliphatic heterocycles. The Kier molecular flexibility index (Phi) is 7.00. The molecule has 0 aromatic carbocycles. The Morgan fingerprint density at radius 3 is 2.58 bits per heavy atom. The van der Waals surface area contributed by atoms with Crippen LogP contribution in [0, 0.1) is 11.3 Å². The number of fused-ring (bicyclic) bond motifs is 1. The third-order valence-corrected chi connectivity index (χ3v) is 7.16. The van der Waals surface area contributed by atoms with Crippen molar-refractivity contribution in [1.82, 2.24) is 29.3 Å². The van der Waals surface area contributed by atoms with Crippen LogP contribution in [-0.2, 0) is 0 Å². The quantitative estimate of drug-likeness (QED) is 0.540. The zero-order chi connectivity index (χ0) is 25.1. The molecule has 1 saturated carbocycles. The maximum atomic E-state index is 12.9. The van der Waals surface area contributed by atoms with Gasteiger partial charge in [0.1, 0.15) is 17.2 Å². The molecule has 2 aliphatic rings. The molecular formula is C26H33N9O. The molecule has 10 nitrogen and oxygen atoms in total. The fourth-order valence-corrected chi connectivity index (χ4v) is 5.19. The highest BCUT2D eigenvalue weighted by Crippen LogP contribution is 2.35. The van der Waals surface area contributed by atoms with E-state index in [-0.39, 0.29) is 11.9 Å². The predicted octanol–water partition coefficient (Wildman–Crippen LogP) is 3.42. The second-order valence-electron chi connectivity index (χ2n) is 9.77. The van der Waals surface area contributed by atoms with Crippen LogP contribution in [0.15, 0.2) is 30.6 Å². The summed E-state index contributed by atoms with van der Waals surface area (Å²) in [6, 6.07) is 8.42. The van der Waals surface area contributed by atoms with Crippen molar-refractivity contribution in [2.75, 3.05) is 57.0 Å². The van der Waals surface area contributed by atoms with Crippen LogP contribution in [-0.4, -0.2) is 82.0 Å². The van der Waals surface area contributed by atoms with Gasteiger partial charge in [-0.3, -0.25) is 9.69 Å². The van der Waals surface area contributed by atoms with Gasteiger partial charge in [-0.05, 0) is 31.0 Å². The van der Waals surface area contributed by atoms with Crippen molar-refractivity contribution in [3.63, 3.8) is 0 Å². The molecule has 3 aromatic rings. The molecule has 1 N–H and O–H groups in total. The van der Waals surface area contributed by atoms with Crippen molar-refractivity contribution in [1.29, 1.82) is 5.26 Å². The lowest BCUT2D eigenvalue weighted by Crippen LogP contribution is -2.46. The summed E-state index contributed by atoms with van der Waals surface area (Å²) in [5, 5.41) is 12.9. The molecule has 4 heterocycles. The van der Waals surface area contributed by atoms with E-state index in [1.807, 2.05) is 18.3 Å². The summed E-state index contributed by atoms with van der Waals surface area (Å²) in [7, 11) is 3.56. The number of aromatic nitrogens is 4. The smallest absolute Gasteiger partial charge is 0.270 e. The summed E-state index contributed by atoms with van der Waals surface area (Å²) >= 11 is 0. The largest absolute Gasteiger partial charge is 0.368 e. The van der Waals surface area contributed by atoms with Crippen molar-refractivity contribution in [3.8, 4) is 6.07 Å². The molecule has 1 saturated heterocycles. The van der Waals surface area contributed by atoms with E-state index in [1.165, 1.54) is 12.8 Å². The van der Waals surface area contributed by atoms with Crippen LogP contribution < -0.4 is 10.2 Å². The average Bonchev–Trinajstić information content (AvgIpc) is 3.55. The Balaban J connectivity index is 1.32. The molecule has 0 bridgehead atoms. The summed E-state index contributed by atoms with van der Waals surface area (Å²) in [6.45, 7) is 4.59. The van der Waals surface area contributed by atoms with Crippen LogP contribution in [0.3, 0.4) is 0 Å². The van der Waals surface area contributed by atoms with Crippen molar-refractivity contribution in [2.45, 2.75) is 38.1 Å². The number of hydrogen-bond acceptors (Lipinski definition) is 8. The van der Waals surface area contributed by atoms with Crippen LogP contribution in [0.4, 0.5) is 17.5 Å². The second-order valence-corrected chi connectivity index (χ2v) is 9.77. The Morgan fingerprint density at radius 2 is 1.92 bits per heavy atom. The molecule has 1 amide bonds. The highest BCUT2D eigenvalue weighted by Gasteiger charge is 2.26. The first kappa shape index (κ1) is 24.0. The molecule has 5 rings (SSSR count). The first-order chi connectivity index (χ1) is 17.5. The SMILES string of the molecule is CN(C)C(=O)c1cc2cnc(Nc3ccc(N4CCN(CCC#N)CC4)cn3)nc2n1C1CCCC1. The number of nitrogens with one attached hydrogen (secondary N) is 1. The van der Waals surface area contributed by atoms with Crippen molar-refractivity contribution in [2.24, 2.45) is 0 Å². The number of pyridine rings is 1. The van der Waals surface area contributed by atoms with E-state index in [1.54, 1.807) is 25.2 Å². The normalized spacial score (nSPS) is 16.9. The van der Waals surface area contributed by atoms with Gasteiger partial charge in [0.2, 0.25) is 5.95 Å². The lowest BCUT2D eigenvalue weighted by atomic mass is 10.2. The molecule has 2 fully saturated rings. The van der Waals surface area contributed by atoms with E-state index >= 15 is 0 Å². The molecule has 0 atom stereocenters. The van der Waals surface area contributed by atoms with Gasteiger partial charge >= 0.3 is 0 Å². The molecular weight excluding hydrogens is 454 g/mol. The molecule has 188 valence electrons. The molecule has 0 radical (unpaired) electrons. The third kappa shape index (κ3) is 4.97. The highest BCUT2D eigenvalue weighted by molar-refractivity contribution is 5.97.